The minimum Gasteiger partial charge on any atom is -0.481 e. The molecule has 0 bridgehead atoms. The van der Waals surface area contributed by atoms with E-state index in [1.165, 1.54) is 5.57 Å². The van der Waals surface area contributed by atoms with Gasteiger partial charge in [-0.15, -0.1) is 0 Å². The maximum atomic E-state index is 14.4. The molecule has 266 valence electrons. The maximum absolute atomic E-state index is 14.4. The molecule has 0 unspecified atom stereocenters. The number of rotatable bonds is 5. The van der Waals surface area contributed by atoms with E-state index in [1.54, 1.807) is 6.92 Å². The van der Waals surface area contributed by atoms with E-state index in [0.717, 1.165) is 19.3 Å². The Bertz CT molecular complexity index is 1300. The Kier molecular flexibility index (Phi) is 8.60. The van der Waals surface area contributed by atoms with Gasteiger partial charge >= 0.3 is 11.9 Å². The lowest BCUT2D eigenvalue weighted by atomic mass is 9.33. The lowest BCUT2D eigenvalue weighted by molar-refractivity contribution is -0.297. The standard InChI is InChI=1S/C36H56O11/c1-31(18-38)12-14-36(30(45)47-28-27(42)26(41)25(40)21(17-37)46-28)15-13-33(3)19(20(36)16-31)6-7-22-32(2)10-9-24(39)35(5,29(43)44)23(32)8-11-34(22,33)4/h6,20-28,37-42H,7-18H2,1-5H3,(H,43,44)/t20-,21-,22-,23+,24-,25-,26+,27-,28+,31-,32+,33-,34-,35+,36+/m1/s1. The summed E-state index contributed by atoms with van der Waals surface area (Å²) in [5, 5.41) is 72.9. The van der Waals surface area contributed by atoms with Gasteiger partial charge in [0.05, 0.1) is 23.5 Å². The van der Waals surface area contributed by atoms with Gasteiger partial charge in [0.1, 0.15) is 24.4 Å². The molecule has 0 amide bonds. The van der Waals surface area contributed by atoms with Crippen LogP contribution in [-0.4, -0.2) is 97.7 Å². The van der Waals surface area contributed by atoms with Gasteiger partial charge in [0.15, 0.2) is 0 Å². The summed E-state index contributed by atoms with van der Waals surface area (Å²) in [6, 6.07) is 0. The number of fused-ring (bicyclic) bond motifs is 7. The Hall–Kier alpha value is -1.60. The summed E-state index contributed by atoms with van der Waals surface area (Å²) < 4.78 is 11.5. The van der Waals surface area contributed by atoms with Crippen LogP contribution in [0.25, 0.3) is 0 Å². The summed E-state index contributed by atoms with van der Waals surface area (Å²) >= 11 is 0. The number of aliphatic carboxylic acids is 1. The number of hydrogen-bond acceptors (Lipinski definition) is 10. The van der Waals surface area contributed by atoms with Crippen LogP contribution in [0.15, 0.2) is 11.6 Å². The highest BCUT2D eigenvalue weighted by molar-refractivity contribution is 5.79. The summed E-state index contributed by atoms with van der Waals surface area (Å²) in [6.45, 7) is 10.0. The number of hydrogen-bond donors (Lipinski definition) is 7. The smallest absolute Gasteiger partial charge is 0.315 e. The molecule has 11 heteroatoms. The van der Waals surface area contributed by atoms with Crippen molar-refractivity contribution in [3.63, 3.8) is 0 Å². The Morgan fingerprint density at radius 1 is 0.872 bits per heavy atom. The number of aliphatic hydroxyl groups is 6. The molecular weight excluding hydrogens is 608 g/mol. The van der Waals surface area contributed by atoms with Gasteiger partial charge in [0.25, 0.3) is 0 Å². The van der Waals surface area contributed by atoms with Crippen molar-refractivity contribution in [3.05, 3.63) is 11.6 Å². The molecule has 0 spiro atoms. The third kappa shape index (κ3) is 4.69. The fourth-order valence-corrected chi connectivity index (χ4v) is 12.0. The quantitative estimate of drug-likeness (QED) is 0.169. The molecule has 5 fully saturated rings. The molecule has 11 nitrogen and oxygen atoms in total. The molecule has 0 aromatic rings. The van der Waals surface area contributed by atoms with Crippen molar-refractivity contribution >= 4 is 11.9 Å². The van der Waals surface area contributed by atoms with Crippen LogP contribution in [-0.2, 0) is 19.1 Å². The van der Waals surface area contributed by atoms with Gasteiger partial charge in [-0.25, -0.2) is 0 Å². The summed E-state index contributed by atoms with van der Waals surface area (Å²) in [7, 11) is 0. The van der Waals surface area contributed by atoms with Crippen molar-refractivity contribution in [2.75, 3.05) is 13.2 Å². The first kappa shape index (κ1) is 35.2. The molecule has 47 heavy (non-hydrogen) atoms. The van der Waals surface area contributed by atoms with Gasteiger partial charge in [-0.1, -0.05) is 39.3 Å². The van der Waals surface area contributed by atoms with Crippen molar-refractivity contribution in [1.82, 2.24) is 0 Å². The molecule has 5 aliphatic carbocycles. The van der Waals surface area contributed by atoms with E-state index in [9.17, 15) is 45.3 Å². The molecule has 0 aromatic heterocycles. The zero-order chi connectivity index (χ0) is 34.5. The van der Waals surface area contributed by atoms with E-state index in [0.29, 0.717) is 44.9 Å². The van der Waals surface area contributed by atoms with Crippen molar-refractivity contribution in [1.29, 1.82) is 0 Å². The Labute approximate surface area is 277 Å². The third-order valence-electron chi connectivity index (χ3n) is 15.5. The largest absolute Gasteiger partial charge is 0.481 e. The second-order valence-corrected chi connectivity index (χ2v) is 17.4. The second-order valence-electron chi connectivity index (χ2n) is 17.4. The average Bonchev–Trinajstić information content (AvgIpc) is 3.03. The van der Waals surface area contributed by atoms with E-state index in [4.69, 9.17) is 9.47 Å². The van der Waals surface area contributed by atoms with Gasteiger partial charge in [0, 0.05) is 6.61 Å². The molecule has 1 saturated heterocycles. The predicted molar refractivity (Wildman–Crippen MR) is 168 cm³/mol. The molecule has 0 aromatic carbocycles. The fraction of sp³-hybridized carbons (Fsp3) is 0.889. The fourth-order valence-electron chi connectivity index (χ4n) is 12.0. The summed E-state index contributed by atoms with van der Waals surface area (Å²) in [6.07, 6.45) is -0.0188. The van der Waals surface area contributed by atoms with Crippen LogP contribution in [0, 0.1) is 50.2 Å². The highest BCUT2D eigenvalue weighted by atomic mass is 16.7. The monoisotopic (exact) mass is 664 g/mol. The van der Waals surface area contributed by atoms with Crippen LogP contribution in [0.1, 0.15) is 98.8 Å². The zero-order valence-electron chi connectivity index (χ0n) is 28.5. The number of aliphatic hydroxyl groups excluding tert-OH is 6. The number of carbonyl (C=O) groups excluding carboxylic acids is 1. The average molecular weight is 665 g/mol. The molecule has 0 radical (unpaired) electrons. The topological polar surface area (TPSA) is 194 Å². The lowest BCUT2D eigenvalue weighted by Gasteiger charge is -2.71. The molecule has 1 heterocycles. The Morgan fingerprint density at radius 3 is 2.19 bits per heavy atom. The second kappa shape index (κ2) is 11.5. The molecule has 6 rings (SSSR count). The minimum absolute atomic E-state index is 0.0267. The van der Waals surface area contributed by atoms with Crippen LogP contribution in [0.4, 0.5) is 0 Å². The number of allylic oxidation sites excluding steroid dienone is 2. The Balaban J connectivity index is 1.37. The number of carboxylic acid groups (broad SMARTS) is 1. The summed E-state index contributed by atoms with van der Waals surface area (Å²) in [4.78, 5) is 27.1. The molecule has 1 aliphatic heterocycles. The summed E-state index contributed by atoms with van der Waals surface area (Å²) in [5.41, 5.74) is -2.23. The SMILES string of the molecule is C[C@@]1(CO)CC[C@]2(C(=O)O[C@@H]3O[C@H](CO)[C@@H](O)[C@H](O)[C@H]3O)CC[C@]3(C)C(=CC[C@@H]4[C@]5(C)CC[C@@H](O)[C@@](C)(C(=O)O)[C@H]5CC[C@]43C)[C@H]2C1. The number of carbonyl (C=O) groups is 2. The van der Waals surface area contributed by atoms with Crippen molar-refractivity contribution in [2.45, 2.75) is 136 Å². The third-order valence-corrected chi connectivity index (χ3v) is 15.5. The van der Waals surface area contributed by atoms with E-state index >= 15 is 0 Å². The van der Waals surface area contributed by atoms with Crippen LogP contribution < -0.4 is 0 Å². The normalized spacial score (nSPS) is 54.2. The lowest BCUT2D eigenvalue weighted by Crippen LogP contribution is -2.66. The van der Waals surface area contributed by atoms with E-state index in [1.807, 2.05) is 6.92 Å². The van der Waals surface area contributed by atoms with Crippen LogP contribution in [0.5, 0.6) is 0 Å². The van der Waals surface area contributed by atoms with E-state index in [2.05, 4.69) is 26.8 Å². The molecule has 4 saturated carbocycles. The molecular formula is C36H56O11. The van der Waals surface area contributed by atoms with Gasteiger partial charge in [0.2, 0.25) is 6.29 Å². The predicted octanol–water partition coefficient (Wildman–Crippen LogP) is 2.53. The molecule has 6 aliphatic rings. The highest BCUT2D eigenvalue weighted by Crippen LogP contribution is 2.76. The number of esters is 1. The van der Waals surface area contributed by atoms with Gasteiger partial charge in [-0.05, 0) is 111 Å². The van der Waals surface area contributed by atoms with Gasteiger partial charge in [-0.2, -0.15) is 0 Å². The highest BCUT2D eigenvalue weighted by Gasteiger charge is 2.71. The number of carboxylic acids is 1. The summed E-state index contributed by atoms with van der Waals surface area (Å²) in [5.74, 6) is -1.73. The first-order valence-electron chi connectivity index (χ1n) is 17.6. The minimum atomic E-state index is -1.69. The maximum Gasteiger partial charge on any atom is 0.315 e. The van der Waals surface area contributed by atoms with Gasteiger partial charge in [-0.3, -0.25) is 9.59 Å². The molecule has 15 atom stereocenters. The van der Waals surface area contributed by atoms with Crippen LogP contribution in [0.2, 0.25) is 0 Å². The van der Waals surface area contributed by atoms with Gasteiger partial charge < -0.3 is 45.2 Å². The Morgan fingerprint density at radius 2 is 1.55 bits per heavy atom. The first-order valence-corrected chi connectivity index (χ1v) is 17.6. The van der Waals surface area contributed by atoms with Crippen molar-refractivity contribution in [2.24, 2.45) is 50.2 Å². The van der Waals surface area contributed by atoms with Crippen LogP contribution >= 0.6 is 0 Å². The van der Waals surface area contributed by atoms with E-state index < -0.39 is 71.6 Å². The number of ether oxygens (including phenoxy) is 2. The first-order chi connectivity index (χ1) is 21.9. The van der Waals surface area contributed by atoms with Crippen molar-refractivity contribution < 1.29 is 54.8 Å². The van der Waals surface area contributed by atoms with Crippen molar-refractivity contribution in [3.8, 4) is 0 Å². The molecule has 7 N–H and O–H groups in total. The van der Waals surface area contributed by atoms with Crippen LogP contribution in [0.3, 0.4) is 0 Å². The zero-order valence-corrected chi connectivity index (χ0v) is 28.5. The van der Waals surface area contributed by atoms with E-state index in [-0.39, 0.29) is 40.6 Å².